The normalized spacial score (nSPS) is 15.6. The summed E-state index contributed by atoms with van der Waals surface area (Å²) in [7, 11) is 0. The fraction of sp³-hybridized carbons (Fsp3) is 0.500. The highest BCUT2D eigenvalue weighted by Crippen LogP contribution is 2.18. The highest BCUT2D eigenvalue weighted by molar-refractivity contribution is 5.75. The number of rotatable bonds is 4. The van der Waals surface area contributed by atoms with Gasteiger partial charge in [-0.05, 0) is 30.9 Å². The molecule has 1 fully saturated rings. The van der Waals surface area contributed by atoms with Crippen LogP contribution >= 0.6 is 0 Å². The predicted molar refractivity (Wildman–Crippen MR) is 80.1 cm³/mol. The summed E-state index contributed by atoms with van der Waals surface area (Å²) < 4.78 is 5.32. The van der Waals surface area contributed by atoms with Crippen LogP contribution in [0.15, 0.2) is 30.3 Å². The Labute approximate surface area is 125 Å². The average molecular weight is 290 g/mol. The second-order valence-electron chi connectivity index (χ2n) is 5.27. The number of amides is 2. The Kier molecular flexibility index (Phi) is 5.60. The van der Waals surface area contributed by atoms with Gasteiger partial charge in [-0.15, -0.1) is 0 Å². The first kappa shape index (κ1) is 15.4. The molecule has 114 valence electrons. The van der Waals surface area contributed by atoms with Crippen LogP contribution in [0.2, 0.25) is 0 Å². The molecule has 1 saturated heterocycles. The van der Waals surface area contributed by atoms with Crippen molar-refractivity contribution in [3.63, 3.8) is 0 Å². The molecule has 21 heavy (non-hydrogen) atoms. The average Bonchev–Trinajstić information content (AvgIpc) is 2.54. The predicted octanol–water partition coefficient (Wildman–Crippen LogP) is 2.42. The number of hydrogen-bond acceptors (Lipinski definition) is 3. The molecule has 0 bridgehead atoms. The maximum absolute atomic E-state index is 12.0. The van der Waals surface area contributed by atoms with E-state index in [-0.39, 0.29) is 12.0 Å². The quantitative estimate of drug-likeness (QED) is 0.926. The first-order valence-corrected chi connectivity index (χ1v) is 7.47. The third-order valence-corrected chi connectivity index (χ3v) is 3.73. The largest absolute Gasteiger partial charge is 0.415 e. The summed E-state index contributed by atoms with van der Waals surface area (Å²) in [5.74, 6) is 1.10. The second kappa shape index (κ2) is 7.67. The number of carbonyl (C=O) groups excluding carboxylic acids is 2. The van der Waals surface area contributed by atoms with Crippen LogP contribution in [0.25, 0.3) is 0 Å². The molecule has 0 unspecified atom stereocenters. The summed E-state index contributed by atoms with van der Waals surface area (Å²) in [6.07, 6.45) is 2.02. The van der Waals surface area contributed by atoms with Crippen LogP contribution in [0.1, 0.15) is 26.2 Å². The minimum atomic E-state index is -0.294. The Hall–Kier alpha value is -2.04. The molecular weight excluding hydrogens is 268 g/mol. The molecule has 0 aliphatic carbocycles. The molecule has 1 aromatic rings. The highest BCUT2D eigenvalue weighted by Gasteiger charge is 2.24. The first-order chi connectivity index (χ1) is 10.2. The van der Waals surface area contributed by atoms with Crippen molar-refractivity contribution >= 4 is 12.0 Å². The fourth-order valence-electron chi connectivity index (χ4n) is 2.36. The molecule has 0 spiro atoms. The van der Waals surface area contributed by atoms with Gasteiger partial charge >= 0.3 is 6.09 Å². The number of ether oxygens (including phenoxy) is 1. The number of para-hydroxylation sites is 1. The Morgan fingerprint density at radius 3 is 2.52 bits per heavy atom. The van der Waals surface area contributed by atoms with Crippen LogP contribution in [0, 0.1) is 5.92 Å². The molecule has 0 radical (unpaired) electrons. The van der Waals surface area contributed by atoms with Crippen molar-refractivity contribution < 1.29 is 14.3 Å². The summed E-state index contributed by atoms with van der Waals surface area (Å²) in [6.45, 7) is 3.91. The topological polar surface area (TPSA) is 58.6 Å². The number of nitrogens with one attached hydrogen (secondary N) is 1. The zero-order valence-corrected chi connectivity index (χ0v) is 12.4. The lowest BCUT2D eigenvalue weighted by atomic mass is 9.97. The lowest BCUT2D eigenvalue weighted by Gasteiger charge is -2.31. The summed E-state index contributed by atoms with van der Waals surface area (Å²) in [4.78, 5) is 25.0. The number of carbonyl (C=O) groups is 2. The number of piperidine rings is 1. The summed E-state index contributed by atoms with van der Waals surface area (Å²) in [5, 5.41) is 2.91. The van der Waals surface area contributed by atoms with E-state index in [1.54, 1.807) is 17.0 Å². The lowest BCUT2D eigenvalue weighted by Crippen LogP contribution is -2.42. The van der Waals surface area contributed by atoms with Crippen LogP contribution in [0.4, 0.5) is 4.79 Å². The van der Waals surface area contributed by atoms with E-state index >= 15 is 0 Å². The van der Waals surface area contributed by atoms with Gasteiger partial charge in [0, 0.05) is 26.1 Å². The van der Waals surface area contributed by atoms with Crippen molar-refractivity contribution in [1.29, 1.82) is 0 Å². The molecule has 1 heterocycles. The smallest absolute Gasteiger partial charge is 0.410 e. The van der Waals surface area contributed by atoms with E-state index in [4.69, 9.17) is 4.74 Å². The highest BCUT2D eigenvalue weighted by atomic mass is 16.6. The van der Waals surface area contributed by atoms with Gasteiger partial charge < -0.3 is 15.0 Å². The molecule has 0 aromatic heterocycles. The van der Waals surface area contributed by atoms with E-state index in [9.17, 15) is 9.59 Å². The van der Waals surface area contributed by atoms with Crippen LogP contribution in [0.5, 0.6) is 5.75 Å². The van der Waals surface area contributed by atoms with E-state index < -0.39 is 0 Å². The van der Waals surface area contributed by atoms with E-state index in [1.807, 2.05) is 25.1 Å². The molecule has 5 nitrogen and oxygen atoms in total. The van der Waals surface area contributed by atoms with Gasteiger partial charge in [0.25, 0.3) is 0 Å². The van der Waals surface area contributed by atoms with Gasteiger partial charge in [0.15, 0.2) is 0 Å². The van der Waals surface area contributed by atoms with Crippen molar-refractivity contribution in [2.45, 2.75) is 26.2 Å². The number of benzene rings is 1. The minimum Gasteiger partial charge on any atom is -0.410 e. The van der Waals surface area contributed by atoms with Crippen molar-refractivity contribution in [3.05, 3.63) is 30.3 Å². The summed E-state index contributed by atoms with van der Waals surface area (Å²) in [6, 6.07) is 9.10. The lowest BCUT2D eigenvalue weighted by molar-refractivity contribution is -0.121. The van der Waals surface area contributed by atoms with E-state index in [0.29, 0.717) is 37.7 Å². The van der Waals surface area contributed by atoms with Gasteiger partial charge in [0.1, 0.15) is 5.75 Å². The van der Waals surface area contributed by atoms with Crippen LogP contribution in [-0.2, 0) is 4.79 Å². The Morgan fingerprint density at radius 1 is 1.24 bits per heavy atom. The zero-order valence-electron chi connectivity index (χ0n) is 12.4. The molecule has 5 heteroatoms. The maximum atomic E-state index is 12.0. The minimum absolute atomic E-state index is 0.0842. The second-order valence-corrected chi connectivity index (χ2v) is 5.27. The maximum Gasteiger partial charge on any atom is 0.415 e. The van der Waals surface area contributed by atoms with Crippen molar-refractivity contribution in [1.82, 2.24) is 10.2 Å². The van der Waals surface area contributed by atoms with E-state index in [1.165, 1.54) is 0 Å². The van der Waals surface area contributed by atoms with Crippen molar-refractivity contribution in [2.24, 2.45) is 5.92 Å². The molecule has 1 aromatic carbocycles. The third-order valence-electron chi connectivity index (χ3n) is 3.73. The van der Waals surface area contributed by atoms with E-state index in [2.05, 4.69) is 5.32 Å². The van der Waals surface area contributed by atoms with Crippen LogP contribution in [0.3, 0.4) is 0 Å². The van der Waals surface area contributed by atoms with Crippen molar-refractivity contribution in [3.8, 4) is 5.75 Å². The molecule has 2 rings (SSSR count). The Balaban J connectivity index is 1.73. The summed E-state index contributed by atoms with van der Waals surface area (Å²) >= 11 is 0. The molecule has 1 aliphatic heterocycles. The Bertz CT molecular complexity index is 468. The SMILES string of the molecule is CCC(=O)NCC1CCN(C(=O)Oc2ccccc2)CC1. The van der Waals surface area contributed by atoms with Crippen LogP contribution < -0.4 is 10.1 Å². The number of hydrogen-bond donors (Lipinski definition) is 1. The Morgan fingerprint density at radius 2 is 1.90 bits per heavy atom. The van der Waals surface area contributed by atoms with Crippen LogP contribution in [-0.4, -0.2) is 36.5 Å². The van der Waals surface area contributed by atoms with Gasteiger partial charge in [0.05, 0.1) is 0 Å². The van der Waals surface area contributed by atoms with Gasteiger partial charge in [0.2, 0.25) is 5.91 Å². The van der Waals surface area contributed by atoms with Gasteiger partial charge in [-0.2, -0.15) is 0 Å². The molecule has 1 N–H and O–H groups in total. The molecule has 0 atom stereocenters. The fourth-order valence-corrected chi connectivity index (χ4v) is 2.36. The molecule has 2 amide bonds. The van der Waals surface area contributed by atoms with Gasteiger partial charge in [-0.25, -0.2) is 4.79 Å². The molecular formula is C16H22N2O3. The number of likely N-dealkylation sites (tertiary alicyclic amines) is 1. The van der Waals surface area contributed by atoms with Crippen molar-refractivity contribution in [2.75, 3.05) is 19.6 Å². The summed E-state index contributed by atoms with van der Waals surface area (Å²) in [5.41, 5.74) is 0. The first-order valence-electron chi connectivity index (χ1n) is 7.47. The zero-order chi connectivity index (χ0) is 15.1. The standard InChI is InChI=1S/C16H22N2O3/c1-2-15(19)17-12-13-8-10-18(11-9-13)16(20)21-14-6-4-3-5-7-14/h3-7,13H,2,8-12H2,1H3,(H,17,19). The van der Waals surface area contributed by atoms with Gasteiger partial charge in [-0.1, -0.05) is 25.1 Å². The van der Waals surface area contributed by atoms with Gasteiger partial charge in [-0.3, -0.25) is 4.79 Å². The third kappa shape index (κ3) is 4.77. The monoisotopic (exact) mass is 290 g/mol. The molecule has 0 saturated carbocycles. The number of nitrogens with zero attached hydrogens (tertiary/aromatic N) is 1. The van der Waals surface area contributed by atoms with E-state index in [0.717, 1.165) is 12.8 Å². The molecule has 1 aliphatic rings.